The van der Waals surface area contributed by atoms with E-state index in [1.807, 2.05) is 0 Å². The van der Waals surface area contributed by atoms with Crippen LogP contribution in [0.15, 0.2) is 18.2 Å². The highest BCUT2D eigenvalue weighted by atomic mass is 127. The van der Waals surface area contributed by atoms with Gasteiger partial charge in [0, 0.05) is 14.6 Å². The molecule has 1 amide bonds. The van der Waals surface area contributed by atoms with E-state index in [0.717, 1.165) is 16.4 Å². The van der Waals surface area contributed by atoms with Gasteiger partial charge in [0.2, 0.25) is 0 Å². The van der Waals surface area contributed by atoms with Crippen molar-refractivity contribution in [1.29, 1.82) is 0 Å². The number of hydrogen-bond donors (Lipinski definition) is 3. The summed E-state index contributed by atoms with van der Waals surface area (Å²) in [6.45, 7) is 0. The van der Waals surface area contributed by atoms with Crippen molar-refractivity contribution in [3.63, 3.8) is 0 Å². The van der Waals surface area contributed by atoms with Gasteiger partial charge in [-0.1, -0.05) is 22.9 Å². The van der Waals surface area contributed by atoms with Crippen LogP contribution in [-0.2, 0) is 0 Å². The zero-order chi connectivity index (χ0) is 15.0. The van der Waals surface area contributed by atoms with Crippen LogP contribution in [0.2, 0.25) is 5.02 Å². The second-order valence-electron chi connectivity index (χ2n) is 4.73. The highest BCUT2D eigenvalue weighted by Crippen LogP contribution is 2.31. The van der Waals surface area contributed by atoms with E-state index in [9.17, 15) is 4.79 Å². The molecular weight excluding hydrogens is 423 g/mol. The summed E-state index contributed by atoms with van der Waals surface area (Å²) in [5.41, 5.74) is 6.53. The Morgan fingerprint density at radius 2 is 2.24 bits per heavy atom. The Balaban J connectivity index is 1.76. The lowest BCUT2D eigenvalue weighted by Crippen LogP contribution is -2.13. The van der Waals surface area contributed by atoms with Crippen molar-refractivity contribution in [3.05, 3.63) is 31.7 Å². The average molecular weight is 435 g/mol. The zero-order valence-corrected chi connectivity index (χ0v) is 14.6. The van der Waals surface area contributed by atoms with Crippen molar-refractivity contribution >= 4 is 68.1 Å². The first kappa shape index (κ1) is 14.9. The van der Waals surface area contributed by atoms with Gasteiger partial charge in [-0.25, -0.2) is 4.98 Å². The molecule has 5 nitrogen and oxygen atoms in total. The number of amides is 1. The monoisotopic (exact) mass is 434 g/mol. The number of nitrogen functional groups attached to an aromatic ring is 1. The summed E-state index contributed by atoms with van der Waals surface area (Å²) in [7, 11) is 0. The Labute approximate surface area is 144 Å². The van der Waals surface area contributed by atoms with E-state index in [4.69, 9.17) is 17.3 Å². The molecule has 1 aliphatic rings. The van der Waals surface area contributed by atoms with E-state index in [1.54, 1.807) is 18.2 Å². The first-order chi connectivity index (χ1) is 10.0. The highest BCUT2D eigenvalue weighted by molar-refractivity contribution is 14.1. The molecular formula is C13H12ClIN4OS. The second kappa shape index (κ2) is 5.98. The molecule has 0 radical (unpaired) electrons. The van der Waals surface area contributed by atoms with Crippen molar-refractivity contribution in [2.45, 2.75) is 18.9 Å². The number of benzene rings is 1. The summed E-state index contributed by atoms with van der Waals surface area (Å²) in [5.74, 6) is -0.00120. The molecule has 0 unspecified atom stereocenters. The van der Waals surface area contributed by atoms with Gasteiger partial charge in [0.25, 0.3) is 5.91 Å². The summed E-state index contributed by atoms with van der Waals surface area (Å²) in [6.07, 6.45) is 2.29. The fourth-order valence-electron chi connectivity index (χ4n) is 1.73. The molecule has 0 spiro atoms. The number of aromatic nitrogens is 1. The molecule has 1 fully saturated rings. The second-order valence-corrected chi connectivity index (χ2v) is 7.33. The highest BCUT2D eigenvalue weighted by Gasteiger charge is 2.24. The molecule has 4 N–H and O–H groups in total. The largest absolute Gasteiger partial charge is 0.382 e. The molecule has 8 heteroatoms. The van der Waals surface area contributed by atoms with Gasteiger partial charge >= 0.3 is 0 Å². The number of nitrogens with one attached hydrogen (secondary N) is 2. The van der Waals surface area contributed by atoms with Crippen LogP contribution in [0, 0.1) is 3.57 Å². The maximum absolute atomic E-state index is 12.3. The summed E-state index contributed by atoms with van der Waals surface area (Å²) < 4.78 is 0.868. The standard InChI is InChI=1S/C13H12ClIN4OS/c14-6-1-4-9(8(15)5-6)18-12(20)10-11(16)19-13(21-10)17-7-2-3-7/h1,4-5,7H,2-3,16H2,(H,17,19)(H,18,20). The molecule has 0 bridgehead atoms. The Bertz CT molecular complexity index is 701. The molecule has 3 rings (SSSR count). The Kier molecular flexibility index (Phi) is 4.23. The number of carbonyl (C=O) groups excluding carboxylic acids is 1. The van der Waals surface area contributed by atoms with E-state index in [0.29, 0.717) is 26.8 Å². The van der Waals surface area contributed by atoms with E-state index >= 15 is 0 Å². The maximum Gasteiger partial charge on any atom is 0.269 e. The van der Waals surface area contributed by atoms with Crippen molar-refractivity contribution in [2.24, 2.45) is 0 Å². The van der Waals surface area contributed by atoms with Crippen LogP contribution in [0.5, 0.6) is 0 Å². The quantitative estimate of drug-likeness (QED) is 0.639. The van der Waals surface area contributed by atoms with Gasteiger partial charge in [-0.3, -0.25) is 4.79 Å². The number of halogens is 2. The summed E-state index contributed by atoms with van der Waals surface area (Å²) >= 11 is 9.30. The van der Waals surface area contributed by atoms with Crippen molar-refractivity contribution < 1.29 is 4.79 Å². The summed E-state index contributed by atoms with van der Waals surface area (Å²) in [5, 5.41) is 7.41. The Morgan fingerprint density at radius 1 is 1.48 bits per heavy atom. The van der Waals surface area contributed by atoms with E-state index < -0.39 is 0 Å². The van der Waals surface area contributed by atoms with E-state index in [-0.39, 0.29) is 11.7 Å². The minimum atomic E-state index is -0.255. The minimum Gasteiger partial charge on any atom is -0.382 e. The molecule has 1 heterocycles. The first-order valence-corrected chi connectivity index (χ1v) is 8.59. The first-order valence-electron chi connectivity index (χ1n) is 6.32. The molecule has 110 valence electrons. The normalized spacial score (nSPS) is 14.0. The molecule has 1 aromatic carbocycles. The number of carbonyl (C=O) groups is 1. The number of thiazole rings is 1. The average Bonchev–Trinajstić information content (AvgIpc) is 3.15. The van der Waals surface area contributed by atoms with Crippen LogP contribution >= 0.6 is 45.5 Å². The lowest BCUT2D eigenvalue weighted by atomic mass is 10.3. The van der Waals surface area contributed by atoms with Crippen molar-refractivity contribution in [2.75, 3.05) is 16.4 Å². The molecule has 21 heavy (non-hydrogen) atoms. The van der Waals surface area contributed by atoms with Crippen LogP contribution in [0.1, 0.15) is 22.5 Å². The summed E-state index contributed by atoms with van der Waals surface area (Å²) in [6, 6.07) is 5.76. The molecule has 1 aliphatic carbocycles. The topological polar surface area (TPSA) is 80.0 Å². The summed E-state index contributed by atoms with van der Waals surface area (Å²) in [4.78, 5) is 16.9. The van der Waals surface area contributed by atoms with Gasteiger partial charge in [-0.2, -0.15) is 0 Å². The van der Waals surface area contributed by atoms with E-state index in [2.05, 4.69) is 38.2 Å². The third-order valence-corrected chi connectivity index (χ3v) is 5.07. The third kappa shape index (κ3) is 3.58. The fraction of sp³-hybridized carbons (Fsp3) is 0.231. The Morgan fingerprint density at radius 3 is 2.90 bits per heavy atom. The number of nitrogens with two attached hydrogens (primary N) is 1. The smallest absolute Gasteiger partial charge is 0.269 e. The SMILES string of the molecule is Nc1nc(NC2CC2)sc1C(=O)Nc1ccc(Cl)cc1I. The lowest BCUT2D eigenvalue weighted by molar-refractivity contribution is 0.103. The van der Waals surface area contributed by atoms with Crippen LogP contribution < -0.4 is 16.4 Å². The number of hydrogen-bond acceptors (Lipinski definition) is 5. The van der Waals surface area contributed by atoms with Gasteiger partial charge in [0.05, 0.1) is 5.69 Å². The number of anilines is 3. The Hall–Kier alpha value is -1.06. The minimum absolute atomic E-state index is 0.254. The molecule has 0 aliphatic heterocycles. The fourth-order valence-corrected chi connectivity index (χ4v) is 3.59. The molecule has 2 aromatic rings. The lowest BCUT2D eigenvalue weighted by Gasteiger charge is -2.06. The third-order valence-electron chi connectivity index (χ3n) is 2.94. The van der Waals surface area contributed by atoms with Crippen LogP contribution in [-0.4, -0.2) is 16.9 Å². The van der Waals surface area contributed by atoms with Gasteiger partial charge in [0.1, 0.15) is 10.7 Å². The number of rotatable bonds is 4. The van der Waals surface area contributed by atoms with Gasteiger partial charge in [0.15, 0.2) is 5.13 Å². The van der Waals surface area contributed by atoms with E-state index in [1.165, 1.54) is 11.3 Å². The molecule has 1 aromatic heterocycles. The maximum atomic E-state index is 12.3. The molecule has 0 atom stereocenters. The van der Waals surface area contributed by atoms with Crippen molar-refractivity contribution in [3.8, 4) is 0 Å². The predicted octanol–water partition coefficient (Wildman–Crippen LogP) is 3.81. The van der Waals surface area contributed by atoms with Gasteiger partial charge in [-0.05, 0) is 53.6 Å². The zero-order valence-electron chi connectivity index (χ0n) is 10.8. The van der Waals surface area contributed by atoms with Crippen LogP contribution in [0.4, 0.5) is 16.6 Å². The van der Waals surface area contributed by atoms with Gasteiger partial charge < -0.3 is 16.4 Å². The van der Waals surface area contributed by atoms with Crippen LogP contribution in [0.25, 0.3) is 0 Å². The molecule has 1 saturated carbocycles. The predicted molar refractivity (Wildman–Crippen MR) is 95.3 cm³/mol. The number of nitrogens with zero attached hydrogens (tertiary/aromatic N) is 1. The molecule has 0 saturated heterocycles. The van der Waals surface area contributed by atoms with Crippen molar-refractivity contribution in [1.82, 2.24) is 4.98 Å². The van der Waals surface area contributed by atoms with Gasteiger partial charge in [-0.15, -0.1) is 0 Å². The van der Waals surface area contributed by atoms with Crippen LogP contribution in [0.3, 0.4) is 0 Å².